The van der Waals surface area contributed by atoms with Gasteiger partial charge in [-0.25, -0.2) is 0 Å². The first kappa shape index (κ1) is 17.3. The van der Waals surface area contributed by atoms with Crippen LogP contribution in [0.4, 0.5) is 5.69 Å². The SMILES string of the molecule is CC(=O)c1cccc(NC(=O)[C@@H](C)Oc2cc(Cl)cc(Cl)c2)c1. The monoisotopic (exact) mass is 351 g/mol. The minimum Gasteiger partial charge on any atom is -0.481 e. The molecule has 1 N–H and O–H groups in total. The van der Waals surface area contributed by atoms with Crippen molar-refractivity contribution < 1.29 is 14.3 Å². The second kappa shape index (κ2) is 7.49. The Balaban J connectivity index is 2.05. The summed E-state index contributed by atoms with van der Waals surface area (Å²) in [6, 6.07) is 11.4. The number of hydrogen-bond acceptors (Lipinski definition) is 3. The van der Waals surface area contributed by atoms with Gasteiger partial charge in [-0.1, -0.05) is 35.3 Å². The Kier molecular flexibility index (Phi) is 5.64. The average Bonchev–Trinajstić information content (AvgIpc) is 2.46. The molecule has 0 saturated heterocycles. The molecule has 6 heteroatoms. The lowest BCUT2D eigenvalue weighted by molar-refractivity contribution is -0.122. The molecule has 120 valence electrons. The summed E-state index contributed by atoms with van der Waals surface area (Å²) in [7, 11) is 0. The fourth-order valence-corrected chi connectivity index (χ4v) is 2.42. The Morgan fingerprint density at radius 3 is 2.35 bits per heavy atom. The maximum Gasteiger partial charge on any atom is 0.265 e. The summed E-state index contributed by atoms with van der Waals surface area (Å²) in [4.78, 5) is 23.5. The number of ether oxygens (including phenoxy) is 1. The molecule has 0 aliphatic rings. The number of rotatable bonds is 5. The van der Waals surface area contributed by atoms with Gasteiger partial charge in [0.1, 0.15) is 5.75 Å². The van der Waals surface area contributed by atoms with E-state index in [2.05, 4.69) is 5.32 Å². The van der Waals surface area contributed by atoms with Gasteiger partial charge in [0.05, 0.1) is 0 Å². The Labute approximate surface area is 144 Å². The minimum atomic E-state index is -0.759. The molecule has 0 heterocycles. The van der Waals surface area contributed by atoms with Gasteiger partial charge in [-0.05, 0) is 44.2 Å². The van der Waals surface area contributed by atoms with Gasteiger partial charge in [0.15, 0.2) is 11.9 Å². The van der Waals surface area contributed by atoms with Gasteiger partial charge >= 0.3 is 0 Å². The molecule has 0 saturated carbocycles. The van der Waals surface area contributed by atoms with Crippen LogP contribution in [0.2, 0.25) is 10.0 Å². The van der Waals surface area contributed by atoms with Gasteiger partial charge in [0.2, 0.25) is 0 Å². The smallest absolute Gasteiger partial charge is 0.265 e. The van der Waals surface area contributed by atoms with E-state index in [1.165, 1.54) is 6.92 Å². The molecule has 0 radical (unpaired) electrons. The highest BCUT2D eigenvalue weighted by Gasteiger charge is 2.16. The predicted molar refractivity (Wildman–Crippen MR) is 91.6 cm³/mol. The highest BCUT2D eigenvalue weighted by molar-refractivity contribution is 6.34. The summed E-state index contributed by atoms with van der Waals surface area (Å²) >= 11 is 11.8. The van der Waals surface area contributed by atoms with Crippen molar-refractivity contribution in [2.45, 2.75) is 20.0 Å². The first-order chi connectivity index (χ1) is 10.8. The van der Waals surface area contributed by atoms with E-state index in [0.29, 0.717) is 27.0 Å². The largest absolute Gasteiger partial charge is 0.481 e. The van der Waals surface area contributed by atoms with E-state index in [4.69, 9.17) is 27.9 Å². The van der Waals surface area contributed by atoms with Gasteiger partial charge in [0, 0.05) is 21.3 Å². The van der Waals surface area contributed by atoms with Crippen LogP contribution in [0.3, 0.4) is 0 Å². The van der Waals surface area contributed by atoms with Crippen molar-refractivity contribution in [1.29, 1.82) is 0 Å². The van der Waals surface area contributed by atoms with Crippen molar-refractivity contribution in [3.8, 4) is 5.75 Å². The van der Waals surface area contributed by atoms with Crippen LogP contribution in [-0.4, -0.2) is 17.8 Å². The fraction of sp³-hybridized carbons (Fsp3) is 0.176. The maximum absolute atomic E-state index is 12.2. The summed E-state index contributed by atoms with van der Waals surface area (Å²) in [5.74, 6) is -0.0107. The van der Waals surface area contributed by atoms with Crippen molar-refractivity contribution in [2.24, 2.45) is 0 Å². The van der Waals surface area contributed by atoms with Crippen LogP contribution in [0, 0.1) is 0 Å². The molecule has 23 heavy (non-hydrogen) atoms. The number of anilines is 1. The summed E-state index contributed by atoms with van der Waals surface area (Å²) in [6.45, 7) is 3.08. The van der Waals surface area contributed by atoms with E-state index in [0.717, 1.165) is 0 Å². The number of hydrogen-bond donors (Lipinski definition) is 1. The molecule has 0 aliphatic carbocycles. The van der Waals surface area contributed by atoms with E-state index >= 15 is 0 Å². The Bertz CT molecular complexity index is 726. The fourth-order valence-electron chi connectivity index (χ4n) is 1.91. The first-order valence-corrected chi connectivity index (χ1v) is 7.65. The summed E-state index contributed by atoms with van der Waals surface area (Å²) in [6.07, 6.45) is -0.759. The molecule has 0 aromatic heterocycles. The predicted octanol–water partition coefficient (Wildman–Crippen LogP) is 4.60. The third-order valence-electron chi connectivity index (χ3n) is 3.05. The number of carbonyl (C=O) groups excluding carboxylic acids is 2. The topological polar surface area (TPSA) is 55.4 Å². The molecular weight excluding hydrogens is 337 g/mol. The first-order valence-electron chi connectivity index (χ1n) is 6.90. The molecule has 0 bridgehead atoms. The van der Waals surface area contributed by atoms with Gasteiger partial charge < -0.3 is 10.1 Å². The normalized spacial score (nSPS) is 11.7. The third kappa shape index (κ3) is 4.98. The van der Waals surface area contributed by atoms with Crippen LogP contribution in [0.25, 0.3) is 0 Å². The lowest BCUT2D eigenvalue weighted by Crippen LogP contribution is -2.30. The molecule has 1 amide bonds. The Morgan fingerprint density at radius 1 is 1.09 bits per heavy atom. The third-order valence-corrected chi connectivity index (χ3v) is 3.49. The molecule has 0 spiro atoms. The maximum atomic E-state index is 12.2. The lowest BCUT2D eigenvalue weighted by atomic mass is 10.1. The zero-order valence-corrected chi connectivity index (χ0v) is 14.1. The number of amides is 1. The number of benzene rings is 2. The number of halogens is 2. The van der Waals surface area contributed by atoms with E-state index in [1.54, 1.807) is 49.4 Å². The van der Waals surface area contributed by atoms with E-state index in [-0.39, 0.29) is 11.7 Å². The van der Waals surface area contributed by atoms with Crippen molar-refractivity contribution in [2.75, 3.05) is 5.32 Å². The average molecular weight is 352 g/mol. The summed E-state index contributed by atoms with van der Waals surface area (Å²) in [5, 5.41) is 3.55. The van der Waals surface area contributed by atoms with Crippen LogP contribution in [0.15, 0.2) is 42.5 Å². The second-order valence-electron chi connectivity index (χ2n) is 4.99. The van der Waals surface area contributed by atoms with Crippen molar-refractivity contribution in [3.63, 3.8) is 0 Å². The highest BCUT2D eigenvalue weighted by Crippen LogP contribution is 2.25. The van der Waals surface area contributed by atoms with E-state index < -0.39 is 6.10 Å². The number of nitrogens with one attached hydrogen (secondary N) is 1. The summed E-state index contributed by atoms with van der Waals surface area (Å²) in [5.41, 5.74) is 1.06. The molecule has 4 nitrogen and oxygen atoms in total. The van der Waals surface area contributed by atoms with E-state index in [1.807, 2.05) is 0 Å². The van der Waals surface area contributed by atoms with Gasteiger partial charge in [0.25, 0.3) is 5.91 Å². The molecule has 2 rings (SSSR count). The quantitative estimate of drug-likeness (QED) is 0.800. The zero-order chi connectivity index (χ0) is 17.0. The molecule has 0 aliphatic heterocycles. The molecule has 1 atom stereocenters. The standard InChI is InChI=1S/C17H15Cl2NO3/c1-10(21)12-4-3-5-15(6-12)20-17(22)11(2)23-16-8-13(18)7-14(19)9-16/h3-9,11H,1-2H3,(H,20,22)/t11-/m1/s1. The molecule has 0 fully saturated rings. The van der Waals surface area contributed by atoms with Crippen LogP contribution < -0.4 is 10.1 Å². The Hall–Kier alpha value is -2.04. The lowest BCUT2D eigenvalue weighted by Gasteiger charge is -2.15. The van der Waals surface area contributed by atoms with Crippen LogP contribution >= 0.6 is 23.2 Å². The highest BCUT2D eigenvalue weighted by atomic mass is 35.5. The van der Waals surface area contributed by atoms with Gasteiger partial charge in [-0.2, -0.15) is 0 Å². The molecule has 0 unspecified atom stereocenters. The van der Waals surface area contributed by atoms with Crippen molar-refractivity contribution in [1.82, 2.24) is 0 Å². The zero-order valence-electron chi connectivity index (χ0n) is 12.6. The molecule has 2 aromatic rings. The number of Topliss-reactive ketones (excluding diaryl/α,β-unsaturated/α-hetero) is 1. The van der Waals surface area contributed by atoms with Crippen molar-refractivity contribution in [3.05, 3.63) is 58.1 Å². The van der Waals surface area contributed by atoms with Crippen LogP contribution in [0.5, 0.6) is 5.75 Å². The van der Waals surface area contributed by atoms with Crippen LogP contribution in [0.1, 0.15) is 24.2 Å². The van der Waals surface area contributed by atoms with Gasteiger partial charge in [-0.3, -0.25) is 9.59 Å². The van der Waals surface area contributed by atoms with Crippen molar-refractivity contribution >= 4 is 40.6 Å². The number of carbonyl (C=O) groups is 2. The second-order valence-corrected chi connectivity index (χ2v) is 5.86. The summed E-state index contributed by atoms with van der Waals surface area (Å²) < 4.78 is 5.54. The molecular formula is C17H15Cl2NO3. The molecule has 2 aromatic carbocycles. The van der Waals surface area contributed by atoms with Crippen LogP contribution in [-0.2, 0) is 4.79 Å². The van der Waals surface area contributed by atoms with Gasteiger partial charge in [-0.15, -0.1) is 0 Å². The number of ketones is 1. The Morgan fingerprint density at radius 2 is 1.74 bits per heavy atom. The van der Waals surface area contributed by atoms with E-state index in [9.17, 15) is 9.59 Å². The minimum absolute atomic E-state index is 0.0704.